The fourth-order valence-corrected chi connectivity index (χ4v) is 3.59. The van der Waals surface area contributed by atoms with Crippen molar-refractivity contribution in [3.8, 4) is 0 Å². The molecule has 0 saturated heterocycles. The van der Waals surface area contributed by atoms with Crippen molar-refractivity contribution >= 4 is 50.6 Å². The van der Waals surface area contributed by atoms with Gasteiger partial charge < -0.3 is 10.6 Å². The number of aromatic nitrogens is 2. The van der Waals surface area contributed by atoms with Crippen LogP contribution in [0.15, 0.2) is 24.5 Å². The Bertz CT molecular complexity index is 922. The highest BCUT2D eigenvalue weighted by molar-refractivity contribution is 7.18. The van der Waals surface area contributed by atoms with E-state index in [1.54, 1.807) is 17.4 Å². The first-order valence-electron chi connectivity index (χ1n) is 7.47. The minimum atomic E-state index is -0.156. The second kappa shape index (κ2) is 6.75. The van der Waals surface area contributed by atoms with E-state index >= 15 is 0 Å². The second-order valence-corrected chi connectivity index (χ2v) is 7.11. The van der Waals surface area contributed by atoms with Crippen LogP contribution in [-0.2, 0) is 4.79 Å². The summed E-state index contributed by atoms with van der Waals surface area (Å²) >= 11 is 7.70. The average Bonchev–Trinajstić information content (AvgIpc) is 2.85. The minimum Gasteiger partial charge on any atom is -0.360 e. The van der Waals surface area contributed by atoms with Gasteiger partial charge in [0.25, 0.3) is 0 Å². The number of anilines is 2. The van der Waals surface area contributed by atoms with E-state index in [1.165, 1.54) is 11.2 Å². The third-order valence-corrected chi connectivity index (χ3v) is 5.45. The number of amides is 1. The largest absolute Gasteiger partial charge is 0.360 e. The zero-order chi connectivity index (χ0) is 17.3. The molecule has 5 nitrogen and oxygen atoms in total. The topological polar surface area (TPSA) is 66.9 Å². The van der Waals surface area contributed by atoms with E-state index in [2.05, 4.69) is 27.5 Å². The quantitative estimate of drug-likeness (QED) is 0.727. The van der Waals surface area contributed by atoms with Gasteiger partial charge in [-0.15, -0.1) is 11.3 Å². The highest BCUT2D eigenvalue weighted by Crippen LogP contribution is 2.32. The van der Waals surface area contributed by atoms with Crippen molar-refractivity contribution in [3.63, 3.8) is 0 Å². The van der Waals surface area contributed by atoms with Gasteiger partial charge in [-0.25, -0.2) is 9.97 Å². The average molecular weight is 361 g/mol. The molecule has 0 atom stereocenters. The van der Waals surface area contributed by atoms with Crippen LogP contribution in [0.2, 0.25) is 5.02 Å². The van der Waals surface area contributed by atoms with Crippen LogP contribution in [0.3, 0.4) is 0 Å². The van der Waals surface area contributed by atoms with E-state index in [0.717, 1.165) is 21.3 Å². The number of benzene rings is 1. The van der Waals surface area contributed by atoms with E-state index in [1.807, 2.05) is 26.0 Å². The molecule has 1 aromatic carbocycles. The first-order valence-corrected chi connectivity index (χ1v) is 8.66. The number of carbonyl (C=O) groups excluding carboxylic acids is 1. The van der Waals surface area contributed by atoms with E-state index in [-0.39, 0.29) is 12.5 Å². The number of nitrogens with one attached hydrogen (secondary N) is 2. The molecule has 1 amide bonds. The smallest absolute Gasteiger partial charge is 0.243 e. The maximum atomic E-state index is 12.2. The molecule has 2 N–H and O–H groups in total. The molecule has 124 valence electrons. The van der Waals surface area contributed by atoms with Crippen LogP contribution < -0.4 is 10.6 Å². The van der Waals surface area contributed by atoms with Gasteiger partial charge in [0.05, 0.1) is 11.9 Å². The van der Waals surface area contributed by atoms with Crippen LogP contribution in [0.25, 0.3) is 10.2 Å². The van der Waals surface area contributed by atoms with Gasteiger partial charge in [0.1, 0.15) is 17.0 Å². The third-order valence-electron chi connectivity index (χ3n) is 3.92. The zero-order valence-electron chi connectivity index (χ0n) is 13.6. The molecule has 7 heteroatoms. The molecule has 0 unspecified atom stereocenters. The standard InChI is InChI=1S/C17H17ClN4OS/c1-9-11(3)24-17-15(9)16(20-8-21-17)19-7-14(23)22-13-6-4-5-12(18)10(13)2/h4-6,8H,7H2,1-3H3,(H,22,23)(H,19,20,21). The Hall–Kier alpha value is -2.18. The minimum absolute atomic E-state index is 0.117. The fraction of sp³-hybridized carbons (Fsp3) is 0.235. The first kappa shape index (κ1) is 16.7. The van der Waals surface area contributed by atoms with Crippen LogP contribution in [0.1, 0.15) is 16.0 Å². The Morgan fingerprint density at radius 2 is 2.00 bits per heavy atom. The van der Waals surface area contributed by atoms with Gasteiger partial charge in [-0.2, -0.15) is 0 Å². The molecule has 0 aliphatic rings. The second-order valence-electron chi connectivity index (χ2n) is 5.50. The van der Waals surface area contributed by atoms with Crippen LogP contribution in [0, 0.1) is 20.8 Å². The number of aryl methyl sites for hydroxylation is 2. The van der Waals surface area contributed by atoms with Gasteiger partial charge in [0, 0.05) is 15.6 Å². The van der Waals surface area contributed by atoms with E-state index in [4.69, 9.17) is 11.6 Å². The number of hydrogen-bond acceptors (Lipinski definition) is 5. The Labute approximate surface area is 149 Å². The van der Waals surface area contributed by atoms with Gasteiger partial charge in [-0.3, -0.25) is 4.79 Å². The van der Waals surface area contributed by atoms with Crippen LogP contribution in [0.5, 0.6) is 0 Å². The van der Waals surface area contributed by atoms with Gasteiger partial charge in [-0.1, -0.05) is 17.7 Å². The van der Waals surface area contributed by atoms with Crippen LogP contribution in [-0.4, -0.2) is 22.4 Å². The molecule has 0 aliphatic carbocycles. The zero-order valence-corrected chi connectivity index (χ0v) is 15.2. The SMILES string of the molecule is Cc1sc2ncnc(NCC(=O)Nc3cccc(Cl)c3C)c2c1C. The molecular weight excluding hydrogens is 344 g/mol. The molecule has 2 aromatic heterocycles. The van der Waals surface area contributed by atoms with Gasteiger partial charge in [0.15, 0.2) is 0 Å². The number of rotatable bonds is 4. The highest BCUT2D eigenvalue weighted by atomic mass is 35.5. The lowest BCUT2D eigenvalue weighted by atomic mass is 10.2. The number of nitrogens with zero attached hydrogens (tertiary/aromatic N) is 2. The number of hydrogen-bond donors (Lipinski definition) is 2. The van der Waals surface area contributed by atoms with Crippen molar-refractivity contribution in [2.75, 3.05) is 17.2 Å². The first-order chi connectivity index (χ1) is 11.5. The summed E-state index contributed by atoms with van der Waals surface area (Å²) in [4.78, 5) is 22.9. The molecule has 0 bridgehead atoms. The van der Waals surface area contributed by atoms with Gasteiger partial charge in [0.2, 0.25) is 5.91 Å². The number of thiophene rings is 1. The maximum absolute atomic E-state index is 12.2. The van der Waals surface area contributed by atoms with E-state index < -0.39 is 0 Å². The number of fused-ring (bicyclic) bond motifs is 1. The van der Waals surface area contributed by atoms with E-state index in [0.29, 0.717) is 16.5 Å². The van der Waals surface area contributed by atoms with Crippen molar-refractivity contribution in [2.24, 2.45) is 0 Å². The monoisotopic (exact) mass is 360 g/mol. The lowest BCUT2D eigenvalue weighted by Crippen LogP contribution is -2.22. The summed E-state index contributed by atoms with van der Waals surface area (Å²) in [5, 5.41) is 7.57. The molecule has 0 radical (unpaired) electrons. The summed E-state index contributed by atoms with van der Waals surface area (Å²) in [6.07, 6.45) is 1.51. The normalized spacial score (nSPS) is 10.8. The van der Waals surface area contributed by atoms with Crippen LogP contribution >= 0.6 is 22.9 Å². The molecule has 0 fully saturated rings. The van der Waals surface area contributed by atoms with Crippen molar-refractivity contribution in [1.29, 1.82) is 0 Å². The molecule has 0 spiro atoms. The van der Waals surface area contributed by atoms with Crippen molar-refractivity contribution in [3.05, 3.63) is 45.6 Å². The summed E-state index contributed by atoms with van der Waals surface area (Å²) in [5.41, 5.74) is 2.70. The lowest BCUT2D eigenvalue weighted by Gasteiger charge is -2.11. The summed E-state index contributed by atoms with van der Waals surface area (Å²) in [6.45, 7) is 6.08. The predicted molar refractivity (Wildman–Crippen MR) is 100 cm³/mol. The Balaban J connectivity index is 1.74. The fourth-order valence-electron chi connectivity index (χ4n) is 2.42. The summed E-state index contributed by atoms with van der Waals surface area (Å²) in [5.74, 6) is 0.525. The molecule has 3 aromatic rings. The molecular formula is C17H17ClN4OS. The Morgan fingerprint density at radius 3 is 2.79 bits per heavy atom. The lowest BCUT2D eigenvalue weighted by molar-refractivity contribution is -0.114. The summed E-state index contributed by atoms with van der Waals surface area (Å²) in [6, 6.07) is 5.43. The molecule has 2 heterocycles. The number of halogens is 1. The van der Waals surface area contributed by atoms with Crippen molar-refractivity contribution in [2.45, 2.75) is 20.8 Å². The predicted octanol–water partition coefficient (Wildman–Crippen LogP) is 4.32. The Kier molecular flexibility index (Phi) is 4.69. The third kappa shape index (κ3) is 3.20. The molecule has 3 rings (SSSR count). The molecule has 0 saturated carbocycles. The van der Waals surface area contributed by atoms with Gasteiger partial charge in [-0.05, 0) is 44.0 Å². The maximum Gasteiger partial charge on any atom is 0.243 e. The summed E-state index contributed by atoms with van der Waals surface area (Å²) < 4.78 is 0. The van der Waals surface area contributed by atoms with Crippen molar-refractivity contribution in [1.82, 2.24) is 9.97 Å². The number of carbonyl (C=O) groups is 1. The molecule has 0 aliphatic heterocycles. The summed E-state index contributed by atoms with van der Waals surface area (Å²) in [7, 11) is 0. The van der Waals surface area contributed by atoms with Gasteiger partial charge >= 0.3 is 0 Å². The van der Waals surface area contributed by atoms with Crippen molar-refractivity contribution < 1.29 is 4.79 Å². The molecule has 24 heavy (non-hydrogen) atoms. The van der Waals surface area contributed by atoms with Crippen LogP contribution in [0.4, 0.5) is 11.5 Å². The Morgan fingerprint density at radius 1 is 1.21 bits per heavy atom. The highest BCUT2D eigenvalue weighted by Gasteiger charge is 2.13. The van der Waals surface area contributed by atoms with E-state index in [9.17, 15) is 4.79 Å².